The van der Waals surface area contributed by atoms with Gasteiger partial charge in [-0.15, -0.1) is 0 Å². The summed E-state index contributed by atoms with van der Waals surface area (Å²) in [4.78, 5) is 35.3. The van der Waals surface area contributed by atoms with E-state index >= 15 is 0 Å². The van der Waals surface area contributed by atoms with E-state index < -0.39 is 11.9 Å². The van der Waals surface area contributed by atoms with Crippen LogP contribution in [0, 0.1) is 0 Å². The molecule has 0 aliphatic carbocycles. The molecule has 0 aliphatic heterocycles. The Morgan fingerprint density at radius 2 is 1.32 bits per heavy atom. The fourth-order valence-electron chi connectivity index (χ4n) is 2.66. The minimum atomic E-state index is -1.13. The zero-order valence-corrected chi connectivity index (χ0v) is 14.5. The van der Waals surface area contributed by atoms with E-state index in [1.807, 2.05) is 0 Å². The van der Waals surface area contributed by atoms with Gasteiger partial charge in [0.15, 0.2) is 0 Å². The molecule has 3 aromatic rings. The highest BCUT2D eigenvalue weighted by Gasteiger charge is 2.12. The van der Waals surface area contributed by atoms with E-state index in [2.05, 4.69) is 5.32 Å². The summed E-state index contributed by atoms with van der Waals surface area (Å²) >= 11 is 0. The topological polar surface area (TPSA) is 116 Å². The molecule has 140 valence electrons. The zero-order valence-electron chi connectivity index (χ0n) is 14.5. The van der Waals surface area contributed by atoms with Gasteiger partial charge in [0.2, 0.25) is 0 Å². The van der Waals surface area contributed by atoms with Gasteiger partial charge in [0.05, 0.1) is 5.56 Å². The molecule has 0 saturated carbocycles. The molecule has 7 heteroatoms. The Morgan fingerprint density at radius 1 is 0.679 bits per heavy atom. The van der Waals surface area contributed by atoms with E-state index in [0.29, 0.717) is 22.4 Å². The second-order valence-corrected chi connectivity index (χ2v) is 5.94. The number of carboxylic acid groups (broad SMARTS) is 1. The molecule has 2 amide bonds. The second kappa shape index (κ2) is 8.15. The molecule has 0 unspecified atom stereocenters. The minimum absolute atomic E-state index is 0.0121. The van der Waals surface area contributed by atoms with Crippen molar-refractivity contribution < 1.29 is 24.7 Å². The smallest absolute Gasteiger partial charge is 0.335 e. The zero-order chi connectivity index (χ0) is 20.1. The van der Waals surface area contributed by atoms with Gasteiger partial charge >= 0.3 is 5.97 Å². The van der Waals surface area contributed by atoms with Crippen molar-refractivity contribution in [3.63, 3.8) is 0 Å². The first-order chi connectivity index (χ1) is 13.5. The Balaban J connectivity index is 1.94. The maximum absolute atomic E-state index is 12.4. The molecule has 28 heavy (non-hydrogen) atoms. The Morgan fingerprint density at radius 3 is 1.93 bits per heavy atom. The highest BCUT2D eigenvalue weighted by atomic mass is 16.5. The summed E-state index contributed by atoms with van der Waals surface area (Å²) in [7, 11) is 0. The van der Waals surface area contributed by atoms with Crippen LogP contribution in [-0.4, -0.2) is 28.1 Å². The van der Waals surface area contributed by atoms with Gasteiger partial charge in [-0.25, -0.2) is 10.3 Å². The average molecular weight is 376 g/mol. The van der Waals surface area contributed by atoms with Crippen LogP contribution in [0.1, 0.15) is 31.1 Å². The molecule has 0 heterocycles. The third-order valence-electron chi connectivity index (χ3n) is 4.06. The Labute approximate surface area is 160 Å². The van der Waals surface area contributed by atoms with Crippen molar-refractivity contribution >= 4 is 23.5 Å². The number of hydroxylamine groups is 1. The van der Waals surface area contributed by atoms with Crippen molar-refractivity contribution in [2.75, 3.05) is 5.32 Å². The van der Waals surface area contributed by atoms with E-state index in [-0.39, 0.29) is 17.0 Å². The SMILES string of the molecule is O=C(O)c1cc(NC(=O)c2ccccc2)cc(-c2ccc(C(=O)NO)cc2)c1. The Kier molecular flexibility index (Phi) is 5.48. The molecule has 0 aliphatic rings. The van der Waals surface area contributed by atoms with Gasteiger partial charge in [-0.1, -0.05) is 30.3 Å². The monoisotopic (exact) mass is 376 g/mol. The standard InChI is InChI=1S/C21H16N2O5/c24-19(14-4-2-1-3-5-14)22-18-11-16(10-17(12-18)21(26)27)13-6-8-15(9-7-13)20(25)23-28/h1-12,28H,(H,22,24)(H,23,25)(H,26,27). The van der Waals surface area contributed by atoms with Crippen LogP contribution in [-0.2, 0) is 0 Å². The lowest BCUT2D eigenvalue weighted by Gasteiger charge is -2.10. The number of hydrogen-bond donors (Lipinski definition) is 4. The largest absolute Gasteiger partial charge is 0.478 e. The van der Waals surface area contributed by atoms with E-state index in [9.17, 15) is 19.5 Å². The van der Waals surface area contributed by atoms with Crippen molar-refractivity contribution in [3.8, 4) is 11.1 Å². The van der Waals surface area contributed by atoms with Crippen LogP contribution in [0.15, 0.2) is 72.8 Å². The minimum Gasteiger partial charge on any atom is -0.478 e. The second-order valence-electron chi connectivity index (χ2n) is 5.94. The van der Waals surface area contributed by atoms with Gasteiger partial charge in [-0.3, -0.25) is 14.8 Å². The molecule has 0 aromatic heterocycles. The number of aromatic carboxylic acids is 1. The van der Waals surface area contributed by atoms with E-state index in [0.717, 1.165) is 0 Å². The third-order valence-corrected chi connectivity index (χ3v) is 4.06. The van der Waals surface area contributed by atoms with Crippen molar-refractivity contribution in [1.82, 2.24) is 5.48 Å². The molecule has 0 saturated heterocycles. The highest BCUT2D eigenvalue weighted by molar-refractivity contribution is 6.05. The predicted molar refractivity (Wildman–Crippen MR) is 102 cm³/mol. The lowest BCUT2D eigenvalue weighted by atomic mass is 10.0. The summed E-state index contributed by atoms with van der Waals surface area (Å²) in [5.74, 6) is -2.14. The molecule has 0 atom stereocenters. The van der Waals surface area contributed by atoms with Crippen molar-refractivity contribution in [3.05, 3.63) is 89.5 Å². The summed E-state index contributed by atoms with van der Waals surface area (Å²) in [6.07, 6.45) is 0. The summed E-state index contributed by atoms with van der Waals surface area (Å²) in [5, 5.41) is 20.8. The van der Waals surface area contributed by atoms with Crippen molar-refractivity contribution in [2.24, 2.45) is 0 Å². The van der Waals surface area contributed by atoms with Crippen LogP contribution >= 0.6 is 0 Å². The lowest BCUT2D eigenvalue weighted by Crippen LogP contribution is -2.18. The molecule has 0 bridgehead atoms. The first-order valence-corrected chi connectivity index (χ1v) is 8.27. The number of anilines is 1. The van der Waals surface area contributed by atoms with Gasteiger partial charge in [0, 0.05) is 16.8 Å². The van der Waals surface area contributed by atoms with Crippen LogP contribution in [0.5, 0.6) is 0 Å². The van der Waals surface area contributed by atoms with E-state index in [1.165, 1.54) is 24.3 Å². The van der Waals surface area contributed by atoms with E-state index in [1.54, 1.807) is 54.0 Å². The van der Waals surface area contributed by atoms with Crippen LogP contribution in [0.3, 0.4) is 0 Å². The number of carboxylic acids is 1. The third kappa shape index (κ3) is 4.22. The Bertz CT molecular complexity index is 1030. The molecule has 0 spiro atoms. The van der Waals surface area contributed by atoms with Crippen molar-refractivity contribution in [1.29, 1.82) is 0 Å². The summed E-state index contributed by atoms with van der Waals surface area (Å²) < 4.78 is 0. The van der Waals surface area contributed by atoms with Crippen LogP contribution in [0.2, 0.25) is 0 Å². The van der Waals surface area contributed by atoms with Gasteiger partial charge < -0.3 is 10.4 Å². The maximum Gasteiger partial charge on any atom is 0.335 e. The first-order valence-electron chi connectivity index (χ1n) is 8.27. The lowest BCUT2D eigenvalue weighted by molar-refractivity contribution is 0.0693. The normalized spacial score (nSPS) is 10.2. The molecule has 0 fully saturated rings. The molecular weight excluding hydrogens is 360 g/mol. The molecule has 4 N–H and O–H groups in total. The summed E-state index contributed by atoms with van der Waals surface area (Å²) in [6, 6.07) is 19.3. The quantitative estimate of drug-likeness (QED) is 0.402. The fraction of sp³-hybridized carbons (Fsp3) is 0. The molecule has 3 aromatic carbocycles. The van der Waals surface area contributed by atoms with Crippen LogP contribution < -0.4 is 10.8 Å². The number of amides is 2. The van der Waals surface area contributed by atoms with Gasteiger partial charge in [0.25, 0.3) is 11.8 Å². The van der Waals surface area contributed by atoms with Gasteiger partial charge in [0.1, 0.15) is 0 Å². The predicted octanol–water partition coefficient (Wildman–Crippen LogP) is 3.42. The molecule has 0 radical (unpaired) electrons. The van der Waals surface area contributed by atoms with E-state index in [4.69, 9.17) is 5.21 Å². The number of carbonyl (C=O) groups is 3. The number of hydrogen-bond acceptors (Lipinski definition) is 4. The van der Waals surface area contributed by atoms with Crippen LogP contribution in [0.25, 0.3) is 11.1 Å². The van der Waals surface area contributed by atoms with Crippen LogP contribution in [0.4, 0.5) is 5.69 Å². The molecular formula is C21H16N2O5. The molecule has 7 nitrogen and oxygen atoms in total. The maximum atomic E-state index is 12.4. The summed E-state index contributed by atoms with van der Waals surface area (Å²) in [6.45, 7) is 0. The highest BCUT2D eigenvalue weighted by Crippen LogP contribution is 2.26. The van der Waals surface area contributed by atoms with Gasteiger partial charge in [-0.05, 0) is 53.6 Å². The number of nitrogens with one attached hydrogen (secondary N) is 2. The molecule has 3 rings (SSSR count). The number of benzene rings is 3. The summed E-state index contributed by atoms with van der Waals surface area (Å²) in [5.41, 5.74) is 3.79. The fourth-order valence-corrected chi connectivity index (χ4v) is 2.66. The first kappa shape index (κ1) is 18.8. The Hall–Kier alpha value is -3.97. The van der Waals surface area contributed by atoms with Crippen molar-refractivity contribution in [2.45, 2.75) is 0 Å². The average Bonchev–Trinajstić information content (AvgIpc) is 2.73. The number of rotatable bonds is 5. The van der Waals surface area contributed by atoms with Gasteiger partial charge in [-0.2, -0.15) is 0 Å². The number of carbonyl (C=O) groups excluding carboxylic acids is 2.